The van der Waals surface area contributed by atoms with Gasteiger partial charge in [0.25, 0.3) is 0 Å². The molecule has 1 aliphatic heterocycles. The zero-order chi connectivity index (χ0) is 9.86. The van der Waals surface area contributed by atoms with Crippen LogP contribution in [0.2, 0.25) is 0 Å². The van der Waals surface area contributed by atoms with Gasteiger partial charge in [-0.1, -0.05) is 30.3 Å². The summed E-state index contributed by atoms with van der Waals surface area (Å²) < 4.78 is 0. The number of hydrogen-bond acceptors (Lipinski definition) is 1. The molecule has 1 aliphatic rings. The van der Waals surface area contributed by atoms with Crippen LogP contribution in [0, 0.1) is 12.3 Å². The summed E-state index contributed by atoms with van der Waals surface area (Å²) >= 11 is 0. The van der Waals surface area contributed by atoms with E-state index in [1.165, 1.54) is 12.0 Å². The predicted molar refractivity (Wildman–Crippen MR) is 58.8 cm³/mol. The van der Waals surface area contributed by atoms with Crippen LogP contribution in [0.25, 0.3) is 0 Å². The smallest absolute Gasteiger partial charge is 0.0545 e. The summed E-state index contributed by atoms with van der Waals surface area (Å²) in [6.45, 7) is 1.08. The van der Waals surface area contributed by atoms with Crippen LogP contribution in [0.5, 0.6) is 0 Å². The van der Waals surface area contributed by atoms with Gasteiger partial charge in [0.05, 0.1) is 5.54 Å². The molecule has 1 atom stereocenters. The summed E-state index contributed by atoms with van der Waals surface area (Å²) in [5.41, 5.74) is 1.38. The molecule has 1 saturated heterocycles. The van der Waals surface area contributed by atoms with Gasteiger partial charge in [-0.3, -0.25) is 0 Å². The lowest BCUT2D eigenvalue weighted by Crippen LogP contribution is -2.36. The van der Waals surface area contributed by atoms with Gasteiger partial charge in [-0.05, 0) is 24.9 Å². The molecule has 0 aromatic heterocycles. The highest BCUT2D eigenvalue weighted by molar-refractivity contribution is 5.27. The molecule has 0 radical (unpaired) electrons. The molecule has 1 nitrogen and oxygen atoms in total. The second kappa shape index (κ2) is 3.86. The molecule has 1 unspecified atom stereocenters. The Bertz CT molecular complexity index is 328. The molecule has 0 bridgehead atoms. The Morgan fingerprint density at radius 1 is 1.36 bits per heavy atom. The highest BCUT2D eigenvalue weighted by atomic mass is 15.0. The number of hydrogen-bond donors (Lipinski definition) is 1. The van der Waals surface area contributed by atoms with Crippen molar-refractivity contribution in [1.29, 1.82) is 0 Å². The van der Waals surface area contributed by atoms with Gasteiger partial charge in [0.15, 0.2) is 0 Å². The minimum absolute atomic E-state index is 0.0516. The SMILES string of the molecule is C#CCC1(c2ccccc2)CCCN1. The molecule has 0 spiro atoms. The first kappa shape index (κ1) is 9.30. The molecule has 1 heteroatoms. The van der Waals surface area contributed by atoms with Crippen LogP contribution in [-0.2, 0) is 5.54 Å². The van der Waals surface area contributed by atoms with E-state index in [1.807, 2.05) is 6.07 Å². The first-order chi connectivity index (χ1) is 6.87. The molecule has 1 heterocycles. The van der Waals surface area contributed by atoms with Gasteiger partial charge in [-0.2, -0.15) is 0 Å². The summed E-state index contributed by atoms with van der Waals surface area (Å²) in [5.74, 6) is 2.79. The van der Waals surface area contributed by atoms with E-state index in [0.29, 0.717) is 0 Å². The van der Waals surface area contributed by atoms with Crippen LogP contribution >= 0.6 is 0 Å². The van der Waals surface area contributed by atoms with Crippen LogP contribution in [-0.4, -0.2) is 6.54 Å². The summed E-state index contributed by atoms with van der Waals surface area (Å²) in [6, 6.07) is 10.5. The fourth-order valence-corrected chi connectivity index (χ4v) is 2.24. The standard InChI is InChI=1S/C13H15N/c1-2-9-13(10-6-11-14-13)12-7-4-3-5-8-12/h1,3-5,7-8,14H,6,9-11H2. The average Bonchev–Trinajstić information content (AvgIpc) is 2.70. The van der Waals surface area contributed by atoms with E-state index in [4.69, 9.17) is 6.42 Å². The molecule has 0 saturated carbocycles. The van der Waals surface area contributed by atoms with Crippen LogP contribution in [0.15, 0.2) is 30.3 Å². The Balaban J connectivity index is 2.32. The third-order valence-electron chi connectivity index (χ3n) is 2.97. The normalized spacial score (nSPS) is 25.9. The maximum Gasteiger partial charge on any atom is 0.0545 e. The van der Waals surface area contributed by atoms with E-state index >= 15 is 0 Å². The lowest BCUT2D eigenvalue weighted by molar-refractivity contribution is 0.401. The molecule has 0 aliphatic carbocycles. The van der Waals surface area contributed by atoms with Crippen molar-refractivity contribution < 1.29 is 0 Å². The van der Waals surface area contributed by atoms with E-state index in [9.17, 15) is 0 Å². The number of rotatable bonds is 2. The lowest BCUT2D eigenvalue weighted by atomic mass is 9.85. The monoisotopic (exact) mass is 185 g/mol. The molecule has 72 valence electrons. The summed E-state index contributed by atoms with van der Waals surface area (Å²) in [7, 11) is 0. The summed E-state index contributed by atoms with van der Waals surface area (Å²) in [6.07, 6.45) is 8.60. The average molecular weight is 185 g/mol. The van der Waals surface area contributed by atoms with E-state index in [0.717, 1.165) is 19.4 Å². The van der Waals surface area contributed by atoms with Crippen molar-refractivity contribution in [3.63, 3.8) is 0 Å². The van der Waals surface area contributed by atoms with Gasteiger partial charge < -0.3 is 5.32 Å². The fourth-order valence-electron chi connectivity index (χ4n) is 2.24. The maximum absolute atomic E-state index is 5.44. The third-order valence-corrected chi connectivity index (χ3v) is 2.97. The maximum atomic E-state index is 5.44. The zero-order valence-electron chi connectivity index (χ0n) is 8.29. The van der Waals surface area contributed by atoms with E-state index in [1.54, 1.807) is 0 Å². The van der Waals surface area contributed by atoms with Crippen LogP contribution in [0.4, 0.5) is 0 Å². The van der Waals surface area contributed by atoms with Crippen molar-refractivity contribution in [3.05, 3.63) is 35.9 Å². The lowest BCUT2D eigenvalue weighted by Gasteiger charge is -2.28. The molecule has 1 aromatic carbocycles. The minimum Gasteiger partial charge on any atom is -0.307 e. The van der Waals surface area contributed by atoms with Gasteiger partial charge in [-0.15, -0.1) is 12.3 Å². The van der Waals surface area contributed by atoms with Crippen molar-refractivity contribution in [2.75, 3.05) is 6.54 Å². The third kappa shape index (κ3) is 1.54. The van der Waals surface area contributed by atoms with Gasteiger partial charge >= 0.3 is 0 Å². The van der Waals surface area contributed by atoms with Gasteiger partial charge in [-0.25, -0.2) is 0 Å². The van der Waals surface area contributed by atoms with Crippen molar-refractivity contribution in [2.45, 2.75) is 24.8 Å². The first-order valence-corrected chi connectivity index (χ1v) is 5.11. The number of benzene rings is 1. The van der Waals surface area contributed by atoms with Crippen LogP contribution < -0.4 is 5.32 Å². The number of terminal acetylenes is 1. The quantitative estimate of drug-likeness (QED) is 0.697. The highest BCUT2D eigenvalue weighted by Crippen LogP contribution is 2.33. The second-order valence-corrected chi connectivity index (χ2v) is 3.86. The zero-order valence-corrected chi connectivity index (χ0v) is 8.29. The molecule has 0 amide bonds. The van der Waals surface area contributed by atoms with Crippen LogP contribution in [0.1, 0.15) is 24.8 Å². The molecule has 1 fully saturated rings. The number of nitrogens with one attached hydrogen (secondary N) is 1. The Morgan fingerprint density at radius 2 is 2.14 bits per heavy atom. The Hall–Kier alpha value is -1.26. The predicted octanol–water partition coefficient (Wildman–Crippen LogP) is 2.29. The van der Waals surface area contributed by atoms with Crippen molar-refractivity contribution in [3.8, 4) is 12.3 Å². The summed E-state index contributed by atoms with van der Waals surface area (Å²) in [4.78, 5) is 0. The first-order valence-electron chi connectivity index (χ1n) is 5.11. The Labute approximate surface area is 85.5 Å². The van der Waals surface area contributed by atoms with E-state index < -0.39 is 0 Å². The van der Waals surface area contributed by atoms with E-state index in [2.05, 4.69) is 35.5 Å². The topological polar surface area (TPSA) is 12.0 Å². The fraction of sp³-hybridized carbons (Fsp3) is 0.385. The second-order valence-electron chi connectivity index (χ2n) is 3.86. The Morgan fingerprint density at radius 3 is 2.71 bits per heavy atom. The van der Waals surface area contributed by atoms with Crippen molar-refractivity contribution in [1.82, 2.24) is 5.32 Å². The largest absolute Gasteiger partial charge is 0.307 e. The van der Waals surface area contributed by atoms with Gasteiger partial charge in [0, 0.05) is 6.42 Å². The van der Waals surface area contributed by atoms with Crippen molar-refractivity contribution >= 4 is 0 Å². The molecule has 14 heavy (non-hydrogen) atoms. The summed E-state index contributed by atoms with van der Waals surface area (Å²) in [5, 5.41) is 3.54. The van der Waals surface area contributed by atoms with E-state index in [-0.39, 0.29) is 5.54 Å². The molecule has 1 N–H and O–H groups in total. The highest BCUT2D eigenvalue weighted by Gasteiger charge is 2.33. The minimum atomic E-state index is 0.0516. The van der Waals surface area contributed by atoms with Gasteiger partial charge in [0.2, 0.25) is 0 Å². The van der Waals surface area contributed by atoms with Crippen molar-refractivity contribution in [2.24, 2.45) is 0 Å². The molecule has 1 aromatic rings. The van der Waals surface area contributed by atoms with Crippen LogP contribution in [0.3, 0.4) is 0 Å². The molecular weight excluding hydrogens is 170 g/mol. The Kier molecular flexibility index (Phi) is 2.56. The molecular formula is C13H15N. The van der Waals surface area contributed by atoms with Gasteiger partial charge in [0.1, 0.15) is 0 Å². The molecule has 2 rings (SSSR count).